The molecular weight excluding hydrogens is 388 g/mol. The summed E-state index contributed by atoms with van der Waals surface area (Å²) < 4.78 is 12.0. The van der Waals surface area contributed by atoms with Crippen LogP contribution in [0.25, 0.3) is 0 Å². The predicted octanol–water partition coefficient (Wildman–Crippen LogP) is 2.25. The van der Waals surface area contributed by atoms with Crippen LogP contribution in [0.4, 0.5) is 11.4 Å². The first-order valence-electron chi connectivity index (χ1n) is 7.91. The molecule has 11 nitrogen and oxygen atoms in total. The normalized spacial score (nSPS) is 12.0. The zero-order valence-corrected chi connectivity index (χ0v) is 15.2. The second-order valence-corrected chi connectivity index (χ2v) is 6.66. The molecule has 0 saturated carbocycles. The van der Waals surface area contributed by atoms with Crippen molar-refractivity contribution in [2.45, 2.75) is 10.1 Å². The first kappa shape index (κ1) is 17.7. The molecule has 4 rings (SSSR count). The average molecular weight is 400 g/mol. The van der Waals surface area contributed by atoms with Gasteiger partial charge < -0.3 is 14.8 Å². The number of amides is 1. The minimum absolute atomic E-state index is 0.115. The largest absolute Gasteiger partial charge is 0.454 e. The lowest BCUT2D eigenvalue weighted by atomic mass is 10.1. The molecule has 2 heterocycles. The molecule has 2 aromatic carbocycles. The van der Waals surface area contributed by atoms with Crippen LogP contribution in [-0.2, 0) is 7.05 Å². The zero-order valence-electron chi connectivity index (χ0n) is 14.4. The van der Waals surface area contributed by atoms with Gasteiger partial charge in [-0.3, -0.25) is 14.9 Å². The van der Waals surface area contributed by atoms with Crippen molar-refractivity contribution in [2.75, 3.05) is 12.1 Å². The molecule has 12 heteroatoms. The van der Waals surface area contributed by atoms with Gasteiger partial charge in [-0.25, -0.2) is 4.68 Å². The maximum absolute atomic E-state index is 12.8. The van der Waals surface area contributed by atoms with Crippen molar-refractivity contribution in [3.05, 3.63) is 52.1 Å². The molecule has 0 bridgehead atoms. The molecule has 1 aliphatic rings. The second-order valence-electron chi connectivity index (χ2n) is 5.65. The lowest BCUT2D eigenvalue weighted by Crippen LogP contribution is -2.13. The van der Waals surface area contributed by atoms with Crippen LogP contribution >= 0.6 is 11.8 Å². The number of hydrogen-bond acceptors (Lipinski definition) is 9. The SMILES string of the molecule is Cn1nnnc1Sc1ccc([N+](=O)[O-])cc1C(=O)Nc1ccc2c(c1)OCO2. The molecule has 0 radical (unpaired) electrons. The van der Waals surface area contributed by atoms with Gasteiger partial charge in [0.25, 0.3) is 11.6 Å². The van der Waals surface area contributed by atoms with Crippen molar-refractivity contribution >= 4 is 29.0 Å². The minimum atomic E-state index is -0.560. The van der Waals surface area contributed by atoms with E-state index in [4.69, 9.17) is 9.47 Å². The highest BCUT2D eigenvalue weighted by Crippen LogP contribution is 2.35. The van der Waals surface area contributed by atoms with E-state index in [1.54, 1.807) is 25.2 Å². The van der Waals surface area contributed by atoms with E-state index < -0.39 is 10.8 Å². The number of aryl methyl sites for hydroxylation is 1. The molecule has 0 unspecified atom stereocenters. The number of anilines is 1. The Labute approximate surface area is 161 Å². The number of nitrogens with zero attached hydrogens (tertiary/aromatic N) is 5. The topological polar surface area (TPSA) is 134 Å². The van der Waals surface area contributed by atoms with Gasteiger partial charge in [0.1, 0.15) is 0 Å². The van der Waals surface area contributed by atoms with Crippen molar-refractivity contribution in [2.24, 2.45) is 7.05 Å². The number of nitrogens with one attached hydrogen (secondary N) is 1. The van der Waals surface area contributed by atoms with Crippen LogP contribution in [0.5, 0.6) is 11.5 Å². The molecule has 1 aliphatic heterocycles. The highest BCUT2D eigenvalue weighted by atomic mass is 32.2. The summed E-state index contributed by atoms with van der Waals surface area (Å²) in [6.45, 7) is 0.115. The molecule has 0 saturated heterocycles. The third-order valence-electron chi connectivity index (χ3n) is 3.83. The van der Waals surface area contributed by atoms with Crippen molar-refractivity contribution in [1.29, 1.82) is 0 Å². The molecule has 142 valence electrons. The number of benzene rings is 2. The van der Waals surface area contributed by atoms with Gasteiger partial charge in [-0.2, -0.15) is 0 Å². The molecule has 0 fully saturated rings. The van der Waals surface area contributed by atoms with Crippen LogP contribution in [0.15, 0.2) is 46.5 Å². The number of tetrazole rings is 1. The molecule has 28 heavy (non-hydrogen) atoms. The molecule has 3 aromatic rings. The summed E-state index contributed by atoms with van der Waals surface area (Å²) in [5.74, 6) is 0.580. The molecule has 1 amide bonds. The summed E-state index contributed by atoms with van der Waals surface area (Å²) >= 11 is 1.13. The Morgan fingerprint density at radius 1 is 1.25 bits per heavy atom. The number of hydrogen-bond donors (Lipinski definition) is 1. The summed E-state index contributed by atoms with van der Waals surface area (Å²) in [6.07, 6.45) is 0. The quantitative estimate of drug-likeness (QED) is 0.505. The van der Waals surface area contributed by atoms with E-state index in [9.17, 15) is 14.9 Å². The second kappa shape index (κ2) is 7.15. The van der Waals surface area contributed by atoms with Gasteiger partial charge in [0, 0.05) is 35.8 Å². The Morgan fingerprint density at radius 2 is 2.07 bits per heavy atom. The summed E-state index contributed by atoms with van der Waals surface area (Å²) in [5, 5.41) is 25.4. The van der Waals surface area contributed by atoms with Crippen LogP contribution in [-0.4, -0.2) is 37.8 Å². The number of nitro groups is 1. The summed E-state index contributed by atoms with van der Waals surface area (Å²) in [4.78, 5) is 23.9. The van der Waals surface area contributed by atoms with Gasteiger partial charge in [0.2, 0.25) is 11.9 Å². The predicted molar refractivity (Wildman–Crippen MR) is 96.5 cm³/mol. The van der Waals surface area contributed by atoms with E-state index in [1.165, 1.54) is 22.9 Å². The number of rotatable bonds is 5. The number of nitro benzene ring substituents is 1. The van der Waals surface area contributed by atoms with Gasteiger partial charge in [0.15, 0.2) is 11.5 Å². The monoisotopic (exact) mass is 400 g/mol. The van der Waals surface area contributed by atoms with Gasteiger partial charge in [-0.05, 0) is 40.4 Å². The van der Waals surface area contributed by atoms with Gasteiger partial charge in [-0.1, -0.05) is 0 Å². The highest BCUT2D eigenvalue weighted by Gasteiger charge is 2.20. The van der Waals surface area contributed by atoms with E-state index in [2.05, 4.69) is 20.8 Å². The van der Waals surface area contributed by atoms with Crippen LogP contribution in [0.3, 0.4) is 0 Å². The molecule has 0 spiro atoms. The maximum atomic E-state index is 12.8. The van der Waals surface area contributed by atoms with Crippen LogP contribution in [0.2, 0.25) is 0 Å². The first-order chi connectivity index (χ1) is 13.5. The number of carbonyl (C=O) groups is 1. The fourth-order valence-electron chi connectivity index (χ4n) is 2.48. The number of carbonyl (C=O) groups excluding carboxylic acids is 1. The third kappa shape index (κ3) is 3.44. The van der Waals surface area contributed by atoms with Gasteiger partial charge in [0.05, 0.1) is 10.5 Å². The highest BCUT2D eigenvalue weighted by molar-refractivity contribution is 7.99. The summed E-state index contributed by atoms with van der Waals surface area (Å²) in [6, 6.07) is 8.98. The molecule has 0 atom stereocenters. The summed E-state index contributed by atoms with van der Waals surface area (Å²) in [7, 11) is 1.65. The van der Waals surface area contributed by atoms with Crippen LogP contribution in [0, 0.1) is 10.1 Å². The Hall–Kier alpha value is -3.67. The Bertz CT molecular complexity index is 1090. The summed E-state index contributed by atoms with van der Waals surface area (Å²) in [5.41, 5.74) is 0.396. The standard InChI is InChI=1S/C16H12N6O5S/c1-21-16(18-19-20-21)28-14-5-3-10(22(24)25)7-11(14)15(23)17-9-2-4-12-13(6-9)27-8-26-12/h2-7H,8H2,1H3,(H,17,23). The molecule has 0 aliphatic carbocycles. The smallest absolute Gasteiger partial charge is 0.270 e. The Morgan fingerprint density at radius 3 is 2.82 bits per heavy atom. The third-order valence-corrected chi connectivity index (χ3v) is 4.94. The minimum Gasteiger partial charge on any atom is -0.454 e. The maximum Gasteiger partial charge on any atom is 0.270 e. The first-order valence-corrected chi connectivity index (χ1v) is 8.72. The lowest BCUT2D eigenvalue weighted by molar-refractivity contribution is -0.384. The Balaban J connectivity index is 1.65. The van der Waals surface area contributed by atoms with Crippen LogP contribution in [0.1, 0.15) is 10.4 Å². The van der Waals surface area contributed by atoms with Crippen molar-refractivity contribution in [3.8, 4) is 11.5 Å². The number of aromatic nitrogens is 4. The van der Waals surface area contributed by atoms with E-state index in [0.29, 0.717) is 27.2 Å². The lowest BCUT2D eigenvalue weighted by Gasteiger charge is -2.10. The number of non-ortho nitro benzene ring substituents is 1. The van der Waals surface area contributed by atoms with Crippen LogP contribution < -0.4 is 14.8 Å². The van der Waals surface area contributed by atoms with E-state index in [1.807, 2.05) is 0 Å². The number of ether oxygens (including phenoxy) is 2. The van der Waals surface area contributed by atoms with E-state index >= 15 is 0 Å². The molecular formula is C16H12N6O5S. The van der Waals surface area contributed by atoms with Gasteiger partial charge in [-0.15, -0.1) is 5.10 Å². The molecule has 1 aromatic heterocycles. The van der Waals surface area contributed by atoms with E-state index in [0.717, 1.165) is 11.8 Å². The average Bonchev–Trinajstić information content (AvgIpc) is 3.30. The van der Waals surface area contributed by atoms with Crippen molar-refractivity contribution in [1.82, 2.24) is 20.2 Å². The fraction of sp³-hybridized carbons (Fsp3) is 0.125. The van der Waals surface area contributed by atoms with Gasteiger partial charge >= 0.3 is 0 Å². The Kier molecular flexibility index (Phi) is 4.53. The zero-order chi connectivity index (χ0) is 19.7. The molecule has 1 N–H and O–H groups in total. The number of fused-ring (bicyclic) bond motifs is 1. The van der Waals surface area contributed by atoms with Crippen molar-refractivity contribution in [3.63, 3.8) is 0 Å². The van der Waals surface area contributed by atoms with Crippen molar-refractivity contribution < 1.29 is 19.2 Å². The van der Waals surface area contributed by atoms with E-state index in [-0.39, 0.29) is 18.0 Å². The fourth-order valence-corrected chi connectivity index (χ4v) is 3.32.